The molecule has 0 aliphatic rings. The summed E-state index contributed by atoms with van der Waals surface area (Å²) < 4.78 is 11.5. The third-order valence-corrected chi connectivity index (χ3v) is 6.66. The van der Waals surface area contributed by atoms with Crippen LogP contribution in [0.2, 0.25) is 0 Å². The molecule has 41 heavy (non-hydrogen) atoms. The van der Waals surface area contributed by atoms with Crippen molar-refractivity contribution in [1.82, 2.24) is 0 Å². The van der Waals surface area contributed by atoms with Crippen molar-refractivity contribution < 1.29 is 44.6 Å². The number of fused-ring (bicyclic) bond motifs is 2. The smallest absolute Gasteiger partial charge is 0.238 e. The number of para-hydroxylation sites is 1. The van der Waals surface area contributed by atoms with E-state index >= 15 is 0 Å². The zero-order valence-corrected chi connectivity index (χ0v) is 20.6. The van der Waals surface area contributed by atoms with Gasteiger partial charge in [0.15, 0.2) is 34.2 Å². The second-order valence-electron chi connectivity index (χ2n) is 9.13. The van der Waals surface area contributed by atoms with Gasteiger partial charge in [0.05, 0.1) is 10.9 Å². The van der Waals surface area contributed by atoms with Crippen LogP contribution in [-0.2, 0) is 0 Å². The van der Waals surface area contributed by atoms with E-state index in [1.165, 1.54) is 12.1 Å². The highest BCUT2D eigenvalue weighted by molar-refractivity contribution is 6.01. The van der Waals surface area contributed by atoms with E-state index < -0.39 is 67.8 Å². The van der Waals surface area contributed by atoms with Gasteiger partial charge in [-0.05, 0) is 42.5 Å². The summed E-state index contributed by atoms with van der Waals surface area (Å²) in [7, 11) is 0. The lowest BCUT2D eigenvalue weighted by Crippen LogP contribution is -2.04. The standard InChI is InChI=1S/C30H18O11/c31-15-7-5-12(9-18(15)34)30-29(39)28(38)25-22(41-30)11-19(35)24(27(25)37)23-14(6-8-16(32)26(23)36)21-10-17(33)13-3-1-2-4-20(13)40-21/h1-11,31-32,34-37,39H. The first kappa shape index (κ1) is 25.2. The lowest BCUT2D eigenvalue weighted by Gasteiger charge is -2.17. The number of rotatable bonds is 3. The first-order chi connectivity index (χ1) is 19.6. The van der Waals surface area contributed by atoms with Crippen LogP contribution in [0.3, 0.4) is 0 Å². The highest BCUT2D eigenvalue weighted by Crippen LogP contribution is 2.52. The fourth-order valence-electron chi connectivity index (χ4n) is 4.69. The molecule has 6 rings (SSSR count). The van der Waals surface area contributed by atoms with Crippen LogP contribution in [0.1, 0.15) is 0 Å². The van der Waals surface area contributed by atoms with Crippen molar-refractivity contribution in [1.29, 1.82) is 0 Å². The Morgan fingerprint density at radius 3 is 2.05 bits per heavy atom. The second-order valence-corrected chi connectivity index (χ2v) is 9.13. The number of hydrogen-bond donors (Lipinski definition) is 7. The Morgan fingerprint density at radius 1 is 0.561 bits per heavy atom. The zero-order valence-electron chi connectivity index (χ0n) is 20.6. The molecule has 6 aromatic rings. The van der Waals surface area contributed by atoms with Crippen molar-refractivity contribution in [3.8, 4) is 74.0 Å². The van der Waals surface area contributed by atoms with E-state index in [-0.39, 0.29) is 39.0 Å². The van der Waals surface area contributed by atoms with Gasteiger partial charge in [0.25, 0.3) is 0 Å². The molecule has 7 N–H and O–H groups in total. The third-order valence-electron chi connectivity index (χ3n) is 6.66. The maximum absolute atomic E-state index is 13.3. The van der Waals surface area contributed by atoms with Crippen LogP contribution in [0.25, 0.3) is 55.7 Å². The third kappa shape index (κ3) is 3.83. The second kappa shape index (κ2) is 8.99. The first-order valence-corrected chi connectivity index (χ1v) is 11.9. The maximum atomic E-state index is 13.3. The summed E-state index contributed by atoms with van der Waals surface area (Å²) in [4.78, 5) is 26.0. The minimum Gasteiger partial charge on any atom is -0.507 e. The highest BCUT2D eigenvalue weighted by atomic mass is 16.4. The Hall–Kier alpha value is -6.10. The fraction of sp³-hybridized carbons (Fsp3) is 0. The zero-order chi connectivity index (χ0) is 29.2. The highest BCUT2D eigenvalue weighted by Gasteiger charge is 2.28. The van der Waals surface area contributed by atoms with Gasteiger partial charge >= 0.3 is 0 Å². The Kier molecular flexibility index (Phi) is 5.52. The van der Waals surface area contributed by atoms with Crippen molar-refractivity contribution in [3.05, 3.63) is 87.2 Å². The lowest BCUT2D eigenvalue weighted by atomic mass is 9.93. The Bertz CT molecular complexity index is 2170. The SMILES string of the molecule is O=c1cc(-c2ccc(O)c(O)c2-c2c(O)cc3oc(-c4ccc(O)c(O)c4)c(O)c(=O)c3c2O)oc2ccccc12. The van der Waals surface area contributed by atoms with Crippen molar-refractivity contribution in [2.24, 2.45) is 0 Å². The van der Waals surface area contributed by atoms with Crippen molar-refractivity contribution in [3.63, 3.8) is 0 Å². The molecule has 0 aliphatic heterocycles. The molecule has 0 unspecified atom stereocenters. The average molecular weight is 554 g/mol. The molecular formula is C30H18O11. The molecule has 0 amide bonds. The molecule has 0 atom stereocenters. The number of aromatic hydroxyl groups is 7. The predicted molar refractivity (Wildman–Crippen MR) is 146 cm³/mol. The summed E-state index contributed by atoms with van der Waals surface area (Å²) >= 11 is 0. The molecule has 11 heteroatoms. The van der Waals surface area contributed by atoms with E-state index in [9.17, 15) is 45.3 Å². The van der Waals surface area contributed by atoms with Gasteiger partial charge in [0.1, 0.15) is 33.8 Å². The number of phenols is 6. The van der Waals surface area contributed by atoms with Crippen LogP contribution in [-0.4, -0.2) is 35.7 Å². The van der Waals surface area contributed by atoms with E-state index in [2.05, 4.69) is 0 Å². The van der Waals surface area contributed by atoms with Crippen LogP contribution in [0.15, 0.2) is 85.2 Å². The van der Waals surface area contributed by atoms with Crippen LogP contribution >= 0.6 is 0 Å². The van der Waals surface area contributed by atoms with Crippen LogP contribution < -0.4 is 10.9 Å². The minimum absolute atomic E-state index is 0.000832. The van der Waals surface area contributed by atoms with Gasteiger partial charge in [-0.25, -0.2) is 0 Å². The maximum Gasteiger partial charge on any atom is 0.238 e. The molecule has 0 radical (unpaired) electrons. The van der Waals surface area contributed by atoms with Crippen molar-refractivity contribution >= 4 is 21.9 Å². The summed E-state index contributed by atoms with van der Waals surface area (Å²) in [5.41, 5.74) is -2.68. The van der Waals surface area contributed by atoms with Crippen LogP contribution in [0, 0.1) is 0 Å². The molecule has 204 valence electrons. The quantitative estimate of drug-likeness (QED) is 0.148. The van der Waals surface area contributed by atoms with E-state index in [4.69, 9.17) is 8.83 Å². The van der Waals surface area contributed by atoms with E-state index in [1.807, 2.05) is 0 Å². The summed E-state index contributed by atoms with van der Waals surface area (Å²) in [5.74, 6) is -5.59. The number of hydrogen-bond acceptors (Lipinski definition) is 11. The van der Waals surface area contributed by atoms with Gasteiger partial charge in [-0.1, -0.05) is 12.1 Å². The Labute approximate surface area is 227 Å². The molecular weight excluding hydrogens is 536 g/mol. The van der Waals surface area contributed by atoms with Crippen molar-refractivity contribution in [2.45, 2.75) is 0 Å². The summed E-state index contributed by atoms with van der Waals surface area (Å²) in [6.45, 7) is 0. The van der Waals surface area contributed by atoms with Gasteiger partial charge < -0.3 is 44.6 Å². The lowest BCUT2D eigenvalue weighted by molar-refractivity contribution is 0.403. The number of benzene rings is 4. The topological polar surface area (TPSA) is 202 Å². The average Bonchev–Trinajstić information content (AvgIpc) is 2.94. The molecule has 0 aliphatic carbocycles. The molecule has 2 aromatic heterocycles. The van der Waals surface area contributed by atoms with E-state index in [1.54, 1.807) is 24.3 Å². The largest absolute Gasteiger partial charge is 0.507 e. The van der Waals surface area contributed by atoms with Crippen molar-refractivity contribution in [2.75, 3.05) is 0 Å². The van der Waals surface area contributed by atoms with Gasteiger partial charge in [0.2, 0.25) is 11.2 Å². The van der Waals surface area contributed by atoms with Gasteiger partial charge in [-0.3, -0.25) is 9.59 Å². The molecule has 0 fully saturated rings. The normalized spacial score (nSPS) is 11.3. The minimum atomic E-state index is -1.13. The Morgan fingerprint density at radius 2 is 1.29 bits per heavy atom. The van der Waals surface area contributed by atoms with Gasteiger partial charge in [-0.2, -0.15) is 0 Å². The monoisotopic (exact) mass is 554 g/mol. The van der Waals surface area contributed by atoms with Crippen LogP contribution in [0.5, 0.6) is 40.2 Å². The molecule has 2 heterocycles. The fourth-order valence-corrected chi connectivity index (χ4v) is 4.69. The molecule has 0 saturated heterocycles. The molecule has 4 aromatic carbocycles. The van der Waals surface area contributed by atoms with E-state index in [0.29, 0.717) is 0 Å². The molecule has 0 spiro atoms. The molecule has 0 saturated carbocycles. The first-order valence-electron chi connectivity index (χ1n) is 11.9. The van der Waals surface area contributed by atoms with Crippen LogP contribution in [0.4, 0.5) is 0 Å². The number of phenolic OH excluding ortho intramolecular Hbond substituents is 6. The summed E-state index contributed by atoms with van der Waals surface area (Å²) in [6.07, 6.45) is 0. The molecule has 0 bridgehead atoms. The van der Waals surface area contributed by atoms with Gasteiger partial charge in [-0.15, -0.1) is 0 Å². The van der Waals surface area contributed by atoms with E-state index in [0.717, 1.165) is 30.3 Å². The summed E-state index contributed by atoms with van der Waals surface area (Å²) in [6, 6.07) is 14.2. The van der Waals surface area contributed by atoms with Gasteiger partial charge in [0, 0.05) is 28.8 Å². The molecule has 11 nitrogen and oxygen atoms in total. The Balaban J connectivity index is 1.65. The predicted octanol–water partition coefficient (Wildman–Crippen LogP) is 4.84. The summed E-state index contributed by atoms with van der Waals surface area (Å²) in [5, 5.41) is 73.2.